The molecule has 2 aliphatic rings. The molecule has 1 unspecified atom stereocenters. The Morgan fingerprint density at radius 2 is 2.08 bits per heavy atom. The van der Waals surface area contributed by atoms with Crippen LogP contribution in [0.5, 0.6) is 0 Å². The molecule has 0 bridgehead atoms. The lowest BCUT2D eigenvalue weighted by atomic mass is 9.71. The number of rotatable bonds is 4. The molecule has 6 heteroatoms. The second-order valence-electron chi connectivity index (χ2n) is 7.22. The molecule has 0 saturated carbocycles. The first-order valence-corrected chi connectivity index (χ1v) is 9.04. The van der Waals surface area contributed by atoms with Crippen molar-refractivity contribution in [3.8, 4) is 0 Å². The van der Waals surface area contributed by atoms with Crippen molar-refractivity contribution in [3.05, 3.63) is 29.8 Å². The Bertz CT molecular complexity index is 639. The summed E-state index contributed by atoms with van der Waals surface area (Å²) in [6.45, 7) is 4.16. The van der Waals surface area contributed by atoms with E-state index in [9.17, 15) is 14.7 Å². The van der Waals surface area contributed by atoms with Crippen LogP contribution < -0.4 is 10.6 Å². The summed E-state index contributed by atoms with van der Waals surface area (Å²) in [5, 5.41) is 16.0. The normalized spacial score (nSPS) is 22.6. The van der Waals surface area contributed by atoms with E-state index in [-0.39, 0.29) is 11.8 Å². The topological polar surface area (TPSA) is 81.7 Å². The molecule has 2 aliphatic heterocycles. The van der Waals surface area contributed by atoms with Crippen LogP contribution in [-0.4, -0.2) is 54.1 Å². The molecule has 0 aliphatic carbocycles. The summed E-state index contributed by atoms with van der Waals surface area (Å²) in [6.07, 6.45) is 1.74. The molecule has 6 nitrogen and oxygen atoms in total. The largest absolute Gasteiger partial charge is 0.391 e. The van der Waals surface area contributed by atoms with E-state index in [2.05, 4.69) is 10.6 Å². The predicted molar refractivity (Wildman–Crippen MR) is 96.2 cm³/mol. The Balaban J connectivity index is 1.47. The molecule has 0 aromatic heterocycles. The molecule has 2 heterocycles. The van der Waals surface area contributed by atoms with Crippen molar-refractivity contribution in [1.29, 1.82) is 0 Å². The third-order valence-electron chi connectivity index (χ3n) is 5.48. The maximum atomic E-state index is 12.4. The lowest BCUT2D eigenvalue weighted by Gasteiger charge is -2.44. The number of piperidine rings is 2. The first-order valence-electron chi connectivity index (χ1n) is 9.04. The second kappa shape index (κ2) is 7.44. The highest BCUT2D eigenvalue weighted by Gasteiger charge is 2.45. The number of anilines is 1. The van der Waals surface area contributed by atoms with Crippen LogP contribution in [0, 0.1) is 12.3 Å². The molecule has 1 spiro atoms. The van der Waals surface area contributed by atoms with Crippen LogP contribution >= 0.6 is 0 Å². The summed E-state index contributed by atoms with van der Waals surface area (Å²) in [7, 11) is 0. The van der Waals surface area contributed by atoms with Gasteiger partial charge in [-0.05, 0) is 37.8 Å². The van der Waals surface area contributed by atoms with Gasteiger partial charge in [-0.1, -0.05) is 18.2 Å². The molecule has 2 amide bonds. The van der Waals surface area contributed by atoms with Gasteiger partial charge in [-0.2, -0.15) is 0 Å². The van der Waals surface area contributed by atoms with Gasteiger partial charge in [0, 0.05) is 38.3 Å². The number of para-hydroxylation sites is 1. The summed E-state index contributed by atoms with van der Waals surface area (Å²) >= 11 is 0. The van der Waals surface area contributed by atoms with E-state index in [1.54, 1.807) is 0 Å². The van der Waals surface area contributed by atoms with Crippen molar-refractivity contribution in [2.45, 2.75) is 38.7 Å². The summed E-state index contributed by atoms with van der Waals surface area (Å²) < 4.78 is 0. The molecule has 3 rings (SSSR count). The zero-order valence-electron chi connectivity index (χ0n) is 14.8. The van der Waals surface area contributed by atoms with Crippen molar-refractivity contribution >= 4 is 17.5 Å². The number of hydrogen-bond acceptors (Lipinski definition) is 4. The smallest absolute Gasteiger partial charge is 0.226 e. The number of nitrogens with one attached hydrogen (secondary N) is 2. The minimum absolute atomic E-state index is 0.0334. The molecule has 0 radical (unpaired) electrons. The summed E-state index contributed by atoms with van der Waals surface area (Å²) in [6, 6.07) is 8.02. The maximum absolute atomic E-state index is 12.4. The van der Waals surface area contributed by atoms with Crippen LogP contribution in [0.15, 0.2) is 24.3 Å². The minimum atomic E-state index is -0.492. The van der Waals surface area contributed by atoms with Crippen LogP contribution in [0.4, 0.5) is 5.69 Å². The van der Waals surface area contributed by atoms with E-state index >= 15 is 0 Å². The summed E-state index contributed by atoms with van der Waals surface area (Å²) in [5.41, 5.74) is 1.73. The number of nitrogens with zero attached hydrogens (tertiary/aromatic N) is 1. The number of aliphatic hydroxyl groups is 1. The highest BCUT2D eigenvalue weighted by Crippen LogP contribution is 2.38. The molecular formula is C19H27N3O3. The average molecular weight is 345 g/mol. The van der Waals surface area contributed by atoms with Crippen molar-refractivity contribution in [2.75, 3.05) is 31.5 Å². The molecule has 3 N–H and O–H groups in total. The molecule has 1 aromatic rings. The SMILES string of the molecule is Cc1ccccc1NCCC(=O)N1CCC2(CC1)CC(O)CNC2=O. The number of hydrogen-bond donors (Lipinski definition) is 3. The second-order valence-corrected chi connectivity index (χ2v) is 7.22. The Kier molecular flexibility index (Phi) is 5.27. The molecule has 136 valence electrons. The van der Waals surface area contributed by atoms with Crippen LogP contribution in [0.2, 0.25) is 0 Å². The van der Waals surface area contributed by atoms with Crippen molar-refractivity contribution in [3.63, 3.8) is 0 Å². The Hall–Kier alpha value is -2.08. The van der Waals surface area contributed by atoms with E-state index in [4.69, 9.17) is 0 Å². The monoisotopic (exact) mass is 345 g/mol. The van der Waals surface area contributed by atoms with Crippen LogP contribution in [-0.2, 0) is 9.59 Å². The first kappa shape index (κ1) is 17.7. The van der Waals surface area contributed by atoms with Crippen LogP contribution in [0.25, 0.3) is 0 Å². The standard InChI is InChI=1S/C19H27N3O3/c1-14-4-2-3-5-16(14)20-9-6-17(24)22-10-7-19(8-11-22)12-15(23)13-21-18(19)25/h2-5,15,20,23H,6-13H2,1H3,(H,21,25). The van der Waals surface area contributed by atoms with Crippen LogP contribution in [0.1, 0.15) is 31.2 Å². The van der Waals surface area contributed by atoms with Gasteiger partial charge in [-0.15, -0.1) is 0 Å². The average Bonchev–Trinajstić information content (AvgIpc) is 2.61. The Labute approximate surface area is 148 Å². The number of likely N-dealkylation sites (tertiary alicyclic amines) is 1. The third-order valence-corrected chi connectivity index (χ3v) is 5.48. The van der Waals surface area contributed by atoms with Gasteiger partial charge < -0.3 is 20.6 Å². The third kappa shape index (κ3) is 3.95. The number of carbonyl (C=O) groups is 2. The fourth-order valence-electron chi connectivity index (χ4n) is 3.86. The lowest BCUT2D eigenvalue weighted by molar-refractivity contribution is -0.145. The van der Waals surface area contributed by atoms with Gasteiger partial charge in [0.2, 0.25) is 11.8 Å². The minimum Gasteiger partial charge on any atom is -0.391 e. The van der Waals surface area contributed by atoms with Gasteiger partial charge in [0.15, 0.2) is 0 Å². The zero-order valence-corrected chi connectivity index (χ0v) is 14.8. The highest BCUT2D eigenvalue weighted by molar-refractivity contribution is 5.84. The molecule has 1 aromatic carbocycles. The van der Waals surface area contributed by atoms with E-state index in [0.717, 1.165) is 11.3 Å². The fraction of sp³-hybridized carbons (Fsp3) is 0.579. The van der Waals surface area contributed by atoms with Gasteiger partial charge in [0.25, 0.3) is 0 Å². The van der Waals surface area contributed by atoms with E-state index in [1.807, 2.05) is 36.1 Å². The molecular weight excluding hydrogens is 318 g/mol. The molecule has 1 atom stereocenters. The van der Waals surface area contributed by atoms with Gasteiger partial charge in [-0.3, -0.25) is 9.59 Å². The van der Waals surface area contributed by atoms with E-state index in [1.165, 1.54) is 0 Å². The van der Waals surface area contributed by atoms with Crippen molar-refractivity contribution < 1.29 is 14.7 Å². The number of aryl methyl sites for hydroxylation is 1. The molecule has 2 fully saturated rings. The molecule has 2 saturated heterocycles. The number of benzene rings is 1. The highest BCUT2D eigenvalue weighted by atomic mass is 16.3. The molecule has 25 heavy (non-hydrogen) atoms. The Morgan fingerprint density at radius 1 is 1.36 bits per heavy atom. The van der Waals surface area contributed by atoms with E-state index < -0.39 is 11.5 Å². The maximum Gasteiger partial charge on any atom is 0.226 e. The van der Waals surface area contributed by atoms with Gasteiger partial charge in [0.05, 0.1) is 11.5 Å². The number of β-amino-alcohol motifs (C(OH)–C–C–N with tert-alkyl or cyclic N) is 1. The summed E-state index contributed by atoms with van der Waals surface area (Å²) in [5.74, 6) is 0.152. The number of carbonyl (C=O) groups excluding carboxylic acids is 2. The first-order chi connectivity index (χ1) is 12.0. The number of aliphatic hydroxyl groups excluding tert-OH is 1. The number of amides is 2. The van der Waals surface area contributed by atoms with Gasteiger partial charge >= 0.3 is 0 Å². The van der Waals surface area contributed by atoms with Gasteiger partial charge in [0.1, 0.15) is 0 Å². The quantitative estimate of drug-likeness (QED) is 0.768. The van der Waals surface area contributed by atoms with E-state index in [0.29, 0.717) is 51.9 Å². The summed E-state index contributed by atoms with van der Waals surface area (Å²) in [4.78, 5) is 26.5. The lowest BCUT2D eigenvalue weighted by Crippen LogP contribution is -2.56. The zero-order chi connectivity index (χ0) is 17.9. The van der Waals surface area contributed by atoms with Crippen LogP contribution in [0.3, 0.4) is 0 Å². The van der Waals surface area contributed by atoms with Gasteiger partial charge in [-0.25, -0.2) is 0 Å². The van der Waals surface area contributed by atoms with Crippen molar-refractivity contribution in [1.82, 2.24) is 10.2 Å². The fourth-order valence-corrected chi connectivity index (χ4v) is 3.86. The predicted octanol–water partition coefficient (Wildman–Crippen LogP) is 1.29. The Morgan fingerprint density at radius 3 is 2.80 bits per heavy atom. The van der Waals surface area contributed by atoms with Crippen molar-refractivity contribution in [2.24, 2.45) is 5.41 Å².